The van der Waals surface area contributed by atoms with Crippen LogP contribution in [0.1, 0.15) is 6.42 Å². The van der Waals surface area contributed by atoms with Gasteiger partial charge in [0.1, 0.15) is 6.04 Å². The highest BCUT2D eigenvalue weighted by Crippen LogP contribution is 2.25. The van der Waals surface area contributed by atoms with Gasteiger partial charge in [0.15, 0.2) is 0 Å². The number of hydroxylamine groups is 2. The van der Waals surface area contributed by atoms with Gasteiger partial charge in [-0.3, -0.25) is 9.63 Å². The first-order chi connectivity index (χ1) is 10.7. The van der Waals surface area contributed by atoms with Crippen molar-refractivity contribution in [2.24, 2.45) is 0 Å². The second-order valence-electron chi connectivity index (χ2n) is 4.55. The van der Waals surface area contributed by atoms with Crippen LogP contribution in [0.2, 0.25) is 10.0 Å². The molecule has 23 heavy (non-hydrogen) atoms. The number of carbonyl (C=O) groups excluding carboxylic acids is 1. The molecule has 0 bridgehead atoms. The van der Waals surface area contributed by atoms with E-state index in [0.717, 1.165) is 5.06 Å². The Balaban J connectivity index is 3.04. The molecule has 1 atom stereocenters. The number of likely N-dealkylation sites (N-methyl/N-ethyl adjacent to an activating group) is 1. The highest BCUT2D eigenvalue weighted by Gasteiger charge is 2.28. The van der Waals surface area contributed by atoms with Gasteiger partial charge in [0, 0.05) is 7.05 Å². The molecule has 6 nitrogen and oxygen atoms in total. The summed E-state index contributed by atoms with van der Waals surface area (Å²) in [5.41, 5.74) is 0. The summed E-state index contributed by atoms with van der Waals surface area (Å²) in [4.78, 5) is 17.0. The Labute approximate surface area is 150 Å². The lowest BCUT2D eigenvalue weighted by Crippen LogP contribution is -2.47. The van der Waals surface area contributed by atoms with Gasteiger partial charge in [0.2, 0.25) is 10.0 Å². The number of carbonyl (C=O) groups is 1. The Bertz CT molecular complexity index is 655. The van der Waals surface area contributed by atoms with Crippen molar-refractivity contribution in [3.8, 4) is 0 Å². The van der Waals surface area contributed by atoms with E-state index < -0.39 is 22.0 Å². The van der Waals surface area contributed by atoms with Crippen molar-refractivity contribution in [3.63, 3.8) is 0 Å². The van der Waals surface area contributed by atoms with Gasteiger partial charge in [-0.15, -0.1) is 0 Å². The molecular weight excluding hydrogens is 383 g/mol. The van der Waals surface area contributed by atoms with Gasteiger partial charge in [0.05, 0.1) is 22.1 Å². The topological polar surface area (TPSA) is 75.7 Å². The molecule has 0 spiro atoms. The molecule has 1 amide bonds. The van der Waals surface area contributed by atoms with E-state index in [0.29, 0.717) is 12.2 Å². The number of halogens is 2. The molecule has 0 aromatic heterocycles. The quantitative estimate of drug-likeness (QED) is 0.678. The Morgan fingerprint density at radius 2 is 2.04 bits per heavy atom. The lowest BCUT2D eigenvalue weighted by atomic mass is 10.2. The third kappa shape index (κ3) is 5.81. The fourth-order valence-electron chi connectivity index (χ4n) is 1.68. The van der Waals surface area contributed by atoms with Gasteiger partial charge in [-0.2, -0.15) is 16.5 Å². The van der Waals surface area contributed by atoms with Crippen LogP contribution in [-0.2, 0) is 19.7 Å². The Hall–Kier alpha value is -0.510. The van der Waals surface area contributed by atoms with E-state index >= 15 is 0 Å². The minimum Gasteiger partial charge on any atom is -0.275 e. The van der Waals surface area contributed by atoms with Gasteiger partial charge in [-0.1, -0.05) is 23.2 Å². The predicted molar refractivity (Wildman–Crippen MR) is 93.3 cm³/mol. The summed E-state index contributed by atoms with van der Waals surface area (Å²) < 4.78 is 27.3. The zero-order valence-corrected chi connectivity index (χ0v) is 16.0. The van der Waals surface area contributed by atoms with Crippen molar-refractivity contribution in [3.05, 3.63) is 28.2 Å². The normalized spacial score (nSPS) is 12.9. The van der Waals surface area contributed by atoms with E-state index in [9.17, 15) is 13.2 Å². The average molecular weight is 401 g/mol. The number of amides is 1. The van der Waals surface area contributed by atoms with Crippen molar-refractivity contribution in [2.45, 2.75) is 17.4 Å². The van der Waals surface area contributed by atoms with Crippen LogP contribution in [0.15, 0.2) is 23.1 Å². The maximum atomic E-state index is 12.5. The SMILES string of the molecule is CON(C)C(=O)C(CCSC)NS(=O)(=O)c1ccc(Cl)c(Cl)c1. The van der Waals surface area contributed by atoms with Crippen LogP contribution in [0.25, 0.3) is 0 Å². The molecule has 0 fully saturated rings. The maximum Gasteiger partial charge on any atom is 0.264 e. The van der Waals surface area contributed by atoms with Crippen LogP contribution >= 0.6 is 35.0 Å². The summed E-state index contributed by atoms with van der Waals surface area (Å²) in [5, 5.41) is 1.36. The zero-order chi connectivity index (χ0) is 17.6. The summed E-state index contributed by atoms with van der Waals surface area (Å²) in [6.07, 6.45) is 2.20. The maximum absolute atomic E-state index is 12.5. The molecule has 1 aromatic rings. The predicted octanol–water partition coefficient (Wildman–Crippen LogP) is 2.41. The summed E-state index contributed by atoms with van der Waals surface area (Å²) in [5.74, 6) is 0.128. The number of benzene rings is 1. The largest absolute Gasteiger partial charge is 0.275 e. The third-order valence-corrected chi connectivity index (χ3v) is 5.84. The van der Waals surface area contributed by atoms with Crippen molar-refractivity contribution >= 4 is 50.9 Å². The molecule has 1 unspecified atom stereocenters. The fourth-order valence-corrected chi connectivity index (χ4v) is 3.76. The molecule has 1 rings (SSSR count). The van der Waals surface area contributed by atoms with Crippen molar-refractivity contribution in [2.75, 3.05) is 26.2 Å². The van der Waals surface area contributed by atoms with Gasteiger partial charge < -0.3 is 0 Å². The lowest BCUT2D eigenvalue weighted by molar-refractivity contribution is -0.170. The number of nitrogens with one attached hydrogen (secondary N) is 1. The smallest absolute Gasteiger partial charge is 0.264 e. The number of hydrogen-bond donors (Lipinski definition) is 1. The van der Waals surface area contributed by atoms with Crippen LogP contribution in [0.5, 0.6) is 0 Å². The van der Waals surface area contributed by atoms with Gasteiger partial charge in [-0.05, 0) is 36.6 Å². The molecule has 10 heteroatoms. The van der Waals surface area contributed by atoms with Crippen LogP contribution in [-0.4, -0.2) is 51.6 Å². The number of thioether (sulfide) groups is 1. The molecule has 0 saturated heterocycles. The first kappa shape index (κ1) is 20.5. The van der Waals surface area contributed by atoms with E-state index in [1.165, 1.54) is 44.1 Å². The molecular formula is C13H18Cl2N2O4S2. The Morgan fingerprint density at radius 3 is 2.57 bits per heavy atom. The second-order valence-corrected chi connectivity index (χ2v) is 8.06. The second kappa shape index (κ2) is 9.10. The molecule has 0 saturated carbocycles. The van der Waals surface area contributed by atoms with E-state index in [1.54, 1.807) is 0 Å². The van der Waals surface area contributed by atoms with E-state index in [1.807, 2.05) is 6.26 Å². The summed E-state index contributed by atoms with van der Waals surface area (Å²) >= 11 is 13.1. The summed E-state index contributed by atoms with van der Waals surface area (Å²) in [7, 11) is -1.17. The molecule has 1 N–H and O–H groups in total. The molecule has 0 radical (unpaired) electrons. The Morgan fingerprint density at radius 1 is 1.39 bits per heavy atom. The molecule has 130 valence electrons. The van der Waals surface area contributed by atoms with Crippen molar-refractivity contribution < 1.29 is 18.0 Å². The molecule has 0 aliphatic carbocycles. The third-order valence-electron chi connectivity index (χ3n) is 2.99. The fraction of sp³-hybridized carbons (Fsp3) is 0.462. The summed E-state index contributed by atoms with van der Waals surface area (Å²) in [6, 6.07) is 3.01. The van der Waals surface area contributed by atoms with Crippen molar-refractivity contribution in [1.29, 1.82) is 0 Å². The van der Waals surface area contributed by atoms with Crippen LogP contribution in [0.3, 0.4) is 0 Å². The average Bonchev–Trinajstić information content (AvgIpc) is 2.52. The molecule has 0 aliphatic rings. The van der Waals surface area contributed by atoms with E-state index in [4.69, 9.17) is 28.0 Å². The first-order valence-electron chi connectivity index (χ1n) is 6.51. The standard InChI is InChI=1S/C13H18Cl2N2O4S2/c1-17(21-2)13(18)12(6-7-22-3)16-23(19,20)9-4-5-10(14)11(15)8-9/h4-5,8,12,16H,6-7H2,1-3H3. The highest BCUT2D eigenvalue weighted by molar-refractivity contribution is 7.98. The number of sulfonamides is 1. The van der Waals surface area contributed by atoms with Crippen LogP contribution in [0.4, 0.5) is 0 Å². The minimum atomic E-state index is -3.92. The highest BCUT2D eigenvalue weighted by atomic mass is 35.5. The van der Waals surface area contributed by atoms with E-state index in [2.05, 4.69) is 4.72 Å². The number of rotatable bonds is 8. The number of hydrogen-bond acceptors (Lipinski definition) is 5. The molecule has 0 aliphatic heterocycles. The van der Waals surface area contributed by atoms with Crippen molar-refractivity contribution in [1.82, 2.24) is 9.79 Å². The van der Waals surface area contributed by atoms with Gasteiger partial charge in [-0.25, -0.2) is 13.5 Å². The van der Waals surface area contributed by atoms with Crippen LogP contribution in [0, 0.1) is 0 Å². The first-order valence-corrected chi connectivity index (χ1v) is 10.1. The van der Waals surface area contributed by atoms with Gasteiger partial charge >= 0.3 is 0 Å². The molecule has 0 heterocycles. The van der Waals surface area contributed by atoms with Gasteiger partial charge in [0.25, 0.3) is 5.91 Å². The zero-order valence-electron chi connectivity index (χ0n) is 12.9. The van der Waals surface area contributed by atoms with Crippen LogP contribution < -0.4 is 4.72 Å². The minimum absolute atomic E-state index is 0.0612. The molecule has 1 aromatic carbocycles. The lowest BCUT2D eigenvalue weighted by Gasteiger charge is -2.22. The Kier molecular flexibility index (Phi) is 8.12. The summed E-state index contributed by atoms with van der Waals surface area (Å²) in [6.45, 7) is 0. The van der Waals surface area contributed by atoms with E-state index in [-0.39, 0.29) is 14.9 Å². The number of nitrogens with zero attached hydrogens (tertiary/aromatic N) is 1. The monoisotopic (exact) mass is 400 g/mol.